The van der Waals surface area contributed by atoms with Gasteiger partial charge in [0.05, 0.1) is 20.6 Å². The van der Waals surface area contributed by atoms with Gasteiger partial charge in [-0.15, -0.1) is 0 Å². The standard InChI is InChI=1S/C29H24Cl3FN2O5S/c30-23-12-20(8-9-22(23)29(15-34-16-29)40-41(36,37)14-17-4-2-1-3-5-17)38-13-21-27(35-39-28(21)18-6-7-18)26-24(31)10-19(33)11-25(26)32/h1-5,8-12,18,34H,6-7,13-16H2. The number of benzene rings is 3. The van der Waals surface area contributed by atoms with E-state index in [-0.39, 0.29) is 41.4 Å². The molecule has 1 aliphatic carbocycles. The lowest BCUT2D eigenvalue weighted by Crippen LogP contribution is -2.59. The fraction of sp³-hybridized carbons (Fsp3) is 0.276. The number of halogens is 4. The molecule has 4 aromatic rings. The van der Waals surface area contributed by atoms with Crippen molar-refractivity contribution in [3.63, 3.8) is 0 Å². The first-order valence-corrected chi connectivity index (χ1v) is 15.6. The second-order valence-electron chi connectivity index (χ2n) is 10.2. The maximum absolute atomic E-state index is 13.8. The molecule has 1 aliphatic heterocycles. The SMILES string of the molecule is O=S(=O)(Cc1ccccc1)OC1(c2ccc(OCc3c(-c4c(Cl)cc(F)cc4Cl)noc3C3CC3)cc2Cl)CNC1. The van der Waals surface area contributed by atoms with Gasteiger partial charge in [0.1, 0.15) is 41.0 Å². The number of ether oxygens (including phenoxy) is 1. The molecule has 1 saturated heterocycles. The second-order valence-corrected chi connectivity index (χ2v) is 13.0. The normalized spacial score (nSPS) is 16.4. The highest BCUT2D eigenvalue weighted by Gasteiger charge is 2.45. The van der Waals surface area contributed by atoms with Gasteiger partial charge in [0, 0.05) is 30.1 Å². The Labute approximate surface area is 251 Å². The van der Waals surface area contributed by atoms with Gasteiger partial charge in [0.25, 0.3) is 10.1 Å². The fourth-order valence-electron chi connectivity index (χ4n) is 4.90. The molecule has 0 bridgehead atoms. The molecule has 1 N–H and O–H groups in total. The highest BCUT2D eigenvalue weighted by Crippen LogP contribution is 2.46. The van der Waals surface area contributed by atoms with Crippen LogP contribution in [0.3, 0.4) is 0 Å². The highest BCUT2D eigenvalue weighted by atomic mass is 35.5. The van der Waals surface area contributed by atoms with Crippen LogP contribution in [0.1, 0.15) is 41.2 Å². The smallest absolute Gasteiger partial charge is 0.272 e. The molecule has 0 amide bonds. The predicted molar refractivity (Wildman–Crippen MR) is 154 cm³/mol. The summed E-state index contributed by atoms with van der Waals surface area (Å²) in [5.74, 6) is 0.522. The predicted octanol–water partition coefficient (Wildman–Crippen LogP) is 7.24. The monoisotopic (exact) mass is 636 g/mol. The van der Waals surface area contributed by atoms with Crippen molar-refractivity contribution in [3.05, 3.63) is 104 Å². The first-order valence-electron chi connectivity index (χ1n) is 12.9. The van der Waals surface area contributed by atoms with E-state index in [9.17, 15) is 12.8 Å². The van der Waals surface area contributed by atoms with Crippen LogP contribution in [0.2, 0.25) is 15.1 Å². The maximum Gasteiger partial charge on any atom is 0.272 e. The number of aromatic nitrogens is 1. The minimum Gasteiger partial charge on any atom is -0.489 e. The van der Waals surface area contributed by atoms with E-state index in [0.717, 1.165) is 12.8 Å². The molecule has 0 radical (unpaired) electrons. The van der Waals surface area contributed by atoms with Crippen molar-refractivity contribution in [2.75, 3.05) is 13.1 Å². The van der Waals surface area contributed by atoms with Gasteiger partial charge in [-0.2, -0.15) is 8.42 Å². The molecular formula is C29H24Cl3FN2O5S. The van der Waals surface area contributed by atoms with Crippen molar-refractivity contribution in [2.45, 2.75) is 36.7 Å². The largest absolute Gasteiger partial charge is 0.489 e. The van der Waals surface area contributed by atoms with E-state index in [2.05, 4.69) is 10.5 Å². The fourth-order valence-corrected chi connectivity index (χ4v) is 7.24. The van der Waals surface area contributed by atoms with Gasteiger partial charge >= 0.3 is 0 Å². The van der Waals surface area contributed by atoms with E-state index in [1.807, 2.05) is 6.07 Å². The Kier molecular flexibility index (Phi) is 7.78. The zero-order valence-electron chi connectivity index (χ0n) is 21.5. The first kappa shape index (κ1) is 28.5. The summed E-state index contributed by atoms with van der Waals surface area (Å²) in [4.78, 5) is 0. The molecule has 7 nitrogen and oxygen atoms in total. The van der Waals surface area contributed by atoms with Crippen molar-refractivity contribution in [1.29, 1.82) is 0 Å². The third kappa shape index (κ3) is 5.98. The van der Waals surface area contributed by atoms with Gasteiger partial charge in [-0.3, -0.25) is 4.18 Å². The summed E-state index contributed by atoms with van der Waals surface area (Å²) in [6.45, 7) is 0.642. The average molecular weight is 638 g/mol. The molecular weight excluding hydrogens is 614 g/mol. The quantitative estimate of drug-likeness (QED) is 0.183. The first-order chi connectivity index (χ1) is 19.6. The van der Waals surface area contributed by atoms with E-state index in [0.29, 0.717) is 44.5 Å². The zero-order valence-corrected chi connectivity index (χ0v) is 24.6. The summed E-state index contributed by atoms with van der Waals surface area (Å²) < 4.78 is 57.2. The number of rotatable bonds is 10. The lowest BCUT2D eigenvalue weighted by atomic mass is 9.88. The van der Waals surface area contributed by atoms with Crippen LogP contribution in [0.4, 0.5) is 4.39 Å². The van der Waals surface area contributed by atoms with E-state index in [1.165, 1.54) is 12.1 Å². The average Bonchev–Trinajstić information content (AvgIpc) is 3.65. The summed E-state index contributed by atoms with van der Waals surface area (Å²) in [6, 6.07) is 16.2. The zero-order chi connectivity index (χ0) is 28.8. The summed E-state index contributed by atoms with van der Waals surface area (Å²) >= 11 is 19.3. The van der Waals surface area contributed by atoms with Crippen LogP contribution in [0.5, 0.6) is 5.75 Å². The van der Waals surface area contributed by atoms with Crippen molar-refractivity contribution < 1.29 is 26.3 Å². The molecule has 12 heteroatoms. The van der Waals surface area contributed by atoms with Gasteiger partial charge in [0.2, 0.25) is 0 Å². The third-order valence-corrected chi connectivity index (χ3v) is 9.29. The summed E-state index contributed by atoms with van der Waals surface area (Å²) in [7, 11) is -3.91. The van der Waals surface area contributed by atoms with Crippen molar-refractivity contribution >= 4 is 44.9 Å². The minimum absolute atomic E-state index is 0.0685. The number of hydrogen-bond acceptors (Lipinski definition) is 7. The van der Waals surface area contributed by atoms with Crippen LogP contribution in [-0.4, -0.2) is 26.7 Å². The number of nitrogens with zero attached hydrogens (tertiary/aromatic N) is 1. The van der Waals surface area contributed by atoms with Crippen LogP contribution in [-0.2, 0) is 32.3 Å². The van der Waals surface area contributed by atoms with Crippen LogP contribution < -0.4 is 10.1 Å². The minimum atomic E-state index is -3.91. The Balaban J connectivity index is 1.23. The second kappa shape index (κ2) is 11.2. The summed E-state index contributed by atoms with van der Waals surface area (Å²) in [5, 5.41) is 7.82. The van der Waals surface area contributed by atoms with Crippen LogP contribution in [0, 0.1) is 5.82 Å². The topological polar surface area (TPSA) is 90.7 Å². The summed E-state index contributed by atoms with van der Waals surface area (Å²) in [5.41, 5.74) is 1.47. The van der Waals surface area contributed by atoms with Gasteiger partial charge < -0.3 is 14.6 Å². The Morgan fingerprint density at radius 3 is 2.32 bits per heavy atom. The van der Waals surface area contributed by atoms with Crippen molar-refractivity contribution in [3.8, 4) is 17.0 Å². The van der Waals surface area contributed by atoms with Crippen LogP contribution in [0.15, 0.2) is 65.2 Å². The Morgan fingerprint density at radius 2 is 1.71 bits per heavy atom. The molecule has 0 atom stereocenters. The molecule has 6 rings (SSSR count). The molecule has 2 fully saturated rings. The van der Waals surface area contributed by atoms with Crippen molar-refractivity contribution in [2.24, 2.45) is 0 Å². The molecule has 0 spiro atoms. The van der Waals surface area contributed by atoms with Crippen molar-refractivity contribution in [1.82, 2.24) is 10.5 Å². The maximum atomic E-state index is 13.8. The molecule has 2 heterocycles. The highest BCUT2D eigenvalue weighted by molar-refractivity contribution is 7.85. The molecule has 214 valence electrons. The van der Waals surface area contributed by atoms with Gasteiger partial charge in [0.15, 0.2) is 0 Å². The third-order valence-electron chi connectivity index (χ3n) is 7.12. The molecule has 2 aliphatic rings. The van der Waals surface area contributed by atoms with Crippen LogP contribution in [0.25, 0.3) is 11.3 Å². The lowest BCUT2D eigenvalue weighted by Gasteiger charge is -2.42. The molecule has 3 aromatic carbocycles. The van der Waals surface area contributed by atoms with Crippen LogP contribution >= 0.6 is 34.8 Å². The summed E-state index contributed by atoms with van der Waals surface area (Å²) in [6.07, 6.45) is 1.91. The Hall–Kier alpha value is -2.66. The number of nitrogens with one attached hydrogen (secondary N) is 1. The van der Waals surface area contributed by atoms with E-state index in [1.54, 1.807) is 42.5 Å². The lowest BCUT2D eigenvalue weighted by molar-refractivity contribution is 0.0188. The van der Waals surface area contributed by atoms with Gasteiger partial charge in [-0.1, -0.05) is 76.4 Å². The van der Waals surface area contributed by atoms with E-state index in [4.69, 9.17) is 48.2 Å². The van der Waals surface area contributed by atoms with Gasteiger partial charge in [-0.25, -0.2) is 4.39 Å². The molecule has 41 heavy (non-hydrogen) atoms. The Morgan fingerprint density at radius 1 is 1.00 bits per heavy atom. The van der Waals surface area contributed by atoms with E-state index >= 15 is 0 Å². The molecule has 1 aromatic heterocycles. The van der Waals surface area contributed by atoms with Gasteiger partial charge in [-0.05, 0) is 42.7 Å². The molecule has 0 unspecified atom stereocenters. The Bertz CT molecular complexity index is 1680. The molecule has 1 saturated carbocycles. The van der Waals surface area contributed by atoms with E-state index < -0.39 is 21.5 Å². The number of hydrogen-bond donors (Lipinski definition) is 1.